The molecule has 0 radical (unpaired) electrons. The van der Waals surface area contributed by atoms with Crippen LogP contribution >= 0.6 is 0 Å². The lowest BCUT2D eigenvalue weighted by Crippen LogP contribution is -2.40. The number of carbonyl (C=O) groups is 1. The molecule has 6 heteroatoms. The van der Waals surface area contributed by atoms with Crippen molar-refractivity contribution in [2.24, 2.45) is 5.92 Å². The van der Waals surface area contributed by atoms with E-state index in [9.17, 15) is 13.6 Å². The third-order valence-corrected chi connectivity index (χ3v) is 4.18. The van der Waals surface area contributed by atoms with Gasteiger partial charge in [0.2, 0.25) is 0 Å². The van der Waals surface area contributed by atoms with Gasteiger partial charge in [0.15, 0.2) is 0 Å². The first kappa shape index (κ1) is 17.7. The van der Waals surface area contributed by atoms with Crippen LogP contribution < -0.4 is 5.32 Å². The number of benzene rings is 1. The summed E-state index contributed by atoms with van der Waals surface area (Å²) in [6.45, 7) is 6.83. The fourth-order valence-electron chi connectivity index (χ4n) is 2.80. The quantitative estimate of drug-likeness (QED) is 0.872. The van der Waals surface area contributed by atoms with Gasteiger partial charge in [-0.25, -0.2) is 13.6 Å². The SMILES string of the molecule is CCOCC1CCN(C(=O)NCC(C)c2ccc(F)cc2F)C1. The maximum atomic E-state index is 13.7. The van der Waals surface area contributed by atoms with Gasteiger partial charge in [-0.1, -0.05) is 13.0 Å². The third kappa shape index (κ3) is 4.89. The van der Waals surface area contributed by atoms with Crippen LogP contribution in [-0.4, -0.2) is 43.8 Å². The Labute approximate surface area is 135 Å². The fraction of sp³-hybridized carbons (Fsp3) is 0.588. The van der Waals surface area contributed by atoms with Crippen LogP contribution in [0.1, 0.15) is 31.7 Å². The molecule has 1 aromatic rings. The van der Waals surface area contributed by atoms with E-state index in [2.05, 4.69) is 5.32 Å². The largest absolute Gasteiger partial charge is 0.381 e. The van der Waals surface area contributed by atoms with Gasteiger partial charge < -0.3 is 15.0 Å². The number of rotatable bonds is 6. The second kappa shape index (κ2) is 8.24. The van der Waals surface area contributed by atoms with Crippen LogP contribution in [0.25, 0.3) is 0 Å². The number of ether oxygens (including phenoxy) is 1. The highest BCUT2D eigenvalue weighted by atomic mass is 19.1. The van der Waals surface area contributed by atoms with Crippen LogP contribution in [-0.2, 0) is 4.74 Å². The van der Waals surface area contributed by atoms with Crippen LogP contribution in [0.2, 0.25) is 0 Å². The first-order valence-corrected chi connectivity index (χ1v) is 8.06. The molecule has 4 nitrogen and oxygen atoms in total. The maximum absolute atomic E-state index is 13.7. The molecule has 2 atom stereocenters. The number of carbonyl (C=O) groups excluding carboxylic acids is 1. The molecule has 1 aliphatic rings. The Morgan fingerprint density at radius 2 is 2.26 bits per heavy atom. The number of amides is 2. The molecule has 1 aromatic carbocycles. The zero-order chi connectivity index (χ0) is 16.8. The van der Waals surface area contributed by atoms with Gasteiger partial charge in [0.25, 0.3) is 0 Å². The Balaban J connectivity index is 1.80. The fourth-order valence-corrected chi connectivity index (χ4v) is 2.80. The van der Waals surface area contributed by atoms with Gasteiger partial charge in [0.05, 0.1) is 6.61 Å². The number of hydrogen-bond donors (Lipinski definition) is 1. The first-order chi connectivity index (χ1) is 11.0. The van der Waals surface area contributed by atoms with E-state index in [1.807, 2.05) is 6.92 Å². The molecule has 1 N–H and O–H groups in total. The zero-order valence-corrected chi connectivity index (χ0v) is 13.6. The second-order valence-electron chi connectivity index (χ2n) is 6.01. The summed E-state index contributed by atoms with van der Waals surface area (Å²) in [5, 5.41) is 2.83. The lowest BCUT2D eigenvalue weighted by molar-refractivity contribution is 0.113. The van der Waals surface area contributed by atoms with Gasteiger partial charge in [-0.3, -0.25) is 0 Å². The predicted octanol–water partition coefficient (Wildman–Crippen LogP) is 3.14. The summed E-state index contributed by atoms with van der Waals surface area (Å²) in [7, 11) is 0. The van der Waals surface area contributed by atoms with Gasteiger partial charge in [-0.15, -0.1) is 0 Å². The number of hydrogen-bond acceptors (Lipinski definition) is 2. The van der Waals surface area contributed by atoms with E-state index >= 15 is 0 Å². The standard InChI is InChI=1S/C17H24F2N2O2/c1-3-23-11-13-6-7-21(10-13)17(22)20-9-12(2)15-5-4-14(18)8-16(15)19/h4-5,8,12-13H,3,6-7,9-11H2,1-2H3,(H,20,22). The van der Waals surface area contributed by atoms with Crippen molar-refractivity contribution in [3.05, 3.63) is 35.4 Å². The molecule has 2 rings (SSSR count). The lowest BCUT2D eigenvalue weighted by atomic mass is 10.0. The molecular formula is C17H24F2N2O2. The van der Waals surface area contributed by atoms with Crippen molar-refractivity contribution in [2.45, 2.75) is 26.2 Å². The van der Waals surface area contributed by atoms with Gasteiger partial charge in [-0.05, 0) is 25.0 Å². The highest BCUT2D eigenvalue weighted by Gasteiger charge is 2.26. The third-order valence-electron chi connectivity index (χ3n) is 4.18. The normalized spacial score (nSPS) is 19.0. The molecule has 0 spiro atoms. The highest BCUT2D eigenvalue weighted by Crippen LogP contribution is 2.20. The minimum Gasteiger partial charge on any atom is -0.381 e. The van der Waals surface area contributed by atoms with E-state index in [1.54, 1.807) is 11.8 Å². The number of urea groups is 1. The van der Waals surface area contributed by atoms with Crippen molar-refractivity contribution >= 4 is 6.03 Å². The summed E-state index contributed by atoms with van der Waals surface area (Å²) in [5.41, 5.74) is 0.405. The molecule has 0 bridgehead atoms. The van der Waals surface area contributed by atoms with Crippen molar-refractivity contribution in [1.29, 1.82) is 0 Å². The van der Waals surface area contributed by atoms with E-state index in [-0.39, 0.29) is 11.9 Å². The zero-order valence-electron chi connectivity index (χ0n) is 13.6. The van der Waals surface area contributed by atoms with Gasteiger partial charge in [-0.2, -0.15) is 0 Å². The second-order valence-corrected chi connectivity index (χ2v) is 6.01. The van der Waals surface area contributed by atoms with Crippen molar-refractivity contribution in [3.8, 4) is 0 Å². The van der Waals surface area contributed by atoms with Crippen molar-refractivity contribution in [1.82, 2.24) is 10.2 Å². The van der Waals surface area contributed by atoms with Crippen molar-refractivity contribution in [3.63, 3.8) is 0 Å². The first-order valence-electron chi connectivity index (χ1n) is 8.06. The molecule has 128 valence electrons. The summed E-state index contributed by atoms with van der Waals surface area (Å²) in [5.74, 6) is -1.02. The van der Waals surface area contributed by atoms with Gasteiger partial charge >= 0.3 is 6.03 Å². The topological polar surface area (TPSA) is 41.6 Å². The highest BCUT2D eigenvalue weighted by molar-refractivity contribution is 5.74. The molecule has 0 saturated carbocycles. The Kier molecular flexibility index (Phi) is 6.33. The number of nitrogens with zero attached hydrogens (tertiary/aromatic N) is 1. The minimum absolute atomic E-state index is 0.140. The number of likely N-dealkylation sites (tertiary alicyclic amines) is 1. The van der Waals surface area contributed by atoms with E-state index in [4.69, 9.17) is 4.74 Å². The minimum atomic E-state index is -0.597. The van der Waals surface area contributed by atoms with Crippen LogP contribution in [0.3, 0.4) is 0 Å². The van der Waals surface area contributed by atoms with Crippen LogP contribution in [0.5, 0.6) is 0 Å². The summed E-state index contributed by atoms with van der Waals surface area (Å²) in [6, 6.07) is 3.38. The molecular weight excluding hydrogens is 302 g/mol. The molecule has 2 unspecified atom stereocenters. The molecule has 23 heavy (non-hydrogen) atoms. The van der Waals surface area contributed by atoms with Crippen LogP contribution in [0.4, 0.5) is 13.6 Å². The van der Waals surface area contributed by atoms with Crippen molar-refractivity contribution < 1.29 is 18.3 Å². The Bertz CT molecular complexity index is 539. The van der Waals surface area contributed by atoms with Crippen LogP contribution in [0, 0.1) is 17.6 Å². The monoisotopic (exact) mass is 326 g/mol. The van der Waals surface area contributed by atoms with Crippen molar-refractivity contribution in [2.75, 3.05) is 32.8 Å². The molecule has 0 aromatic heterocycles. The van der Waals surface area contributed by atoms with Crippen LogP contribution in [0.15, 0.2) is 18.2 Å². The number of halogens is 2. The molecule has 2 amide bonds. The molecule has 0 aliphatic carbocycles. The summed E-state index contributed by atoms with van der Waals surface area (Å²) in [4.78, 5) is 13.9. The van der Waals surface area contributed by atoms with E-state index in [0.717, 1.165) is 12.5 Å². The van der Waals surface area contributed by atoms with E-state index in [0.29, 0.717) is 44.3 Å². The molecule has 1 aliphatic heterocycles. The average molecular weight is 326 g/mol. The Morgan fingerprint density at radius 1 is 1.48 bits per heavy atom. The van der Waals surface area contributed by atoms with E-state index in [1.165, 1.54) is 12.1 Å². The molecule has 1 heterocycles. The Hall–Kier alpha value is -1.69. The molecule has 1 fully saturated rings. The summed E-state index contributed by atoms with van der Waals surface area (Å²) < 4.78 is 32.0. The lowest BCUT2D eigenvalue weighted by Gasteiger charge is -2.20. The predicted molar refractivity (Wildman–Crippen MR) is 84.3 cm³/mol. The summed E-state index contributed by atoms with van der Waals surface area (Å²) in [6.07, 6.45) is 0.940. The Morgan fingerprint density at radius 3 is 2.96 bits per heavy atom. The molecule has 1 saturated heterocycles. The summed E-state index contributed by atoms with van der Waals surface area (Å²) >= 11 is 0. The number of nitrogens with one attached hydrogen (secondary N) is 1. The maximum Gasteiger partial charge on any atom is 0.317 e. The van der Waals surface area contributed by atoms with Gasteiger partial charge in [0.1, 0.15) is 11.6 Å². The van der Waals surface area contributed by atoms with Gasteiger partial charge in [0, 0.05) is 44.1 Å². The average Bonchev–Trinajstić information content (AvgIpc) is 2.99. The van der Waals surface area contributed by atoms with E-state index < -0.39 is 11.6 Å². The smallest absolute Gasteiger partial charge is 0.317 e.